The normalized spacial score (nSPS) is 11.7. The van der Waals surface area contributed by atoms with Crippen LogP contribution in [0.5, 0.6) is 0 Å². The number of aromatic nitrogens is 3. The third-order valence-electron chi connectivity index (χ3n) is 11.7. The third kappa shape index (κ3) is 6.02. The third-order valence-corrected chi connectivity index (χ3v) is 11.7. The van der Waals surface area contributed by atoms with Gasteiger partial charge in [-0.25, -0.2) is 4.98 Å². The predicted octanol–water partition coefficient (Wildman–Crippen LogP) is 14.6. The molecule has 4 nitrogen and oxygen atoms in total. The zero-order valence-corrected chi connectivity index (χ0v) is 32.6. The minimum absolute atomic E-state index is 0.639. The van der Waals surface area contributed by atoms with Gasteiger partial charge in [0.1, 0.15) is 0 Å². The minimum Gasteiger partial charge on any atom is -0.354 e. The van der Waals surface area contributed by atoms with Crippen molar-refractivity contribution >= 4 is 40.5 Å². The Morgan fingerprint density at radius 3 is 1.07 bits per heavy atom. The SMILES string of the molecule is O=Cc1cc2c(cc1-c1ccccc1)-c1cc-2c(-c2ccccc2)c2ccc([nH]2)c(-c2ccccc2)c2nc(c(-c3ccccc3)c3ccc([nH]3)c1-c1ccccc1)C=C2. The number of rotatable bonds is 6. The number of hydrogen-bond acceptors (Lipinski definition) is 2. The molecule has 2 aliphatic rings. The van der Waals surface area contributed by atoms with Crippen molar-refractivity contribution in [1.29, 1.82) is 0 Å². The molecule has 1 aliphatic heterocycles. The van der Waals surface area contributed by atoms with Crippen LogP contribution in [0, 0.1) is 0 Å². The molecule has 11 rings (SSSR count). The van der Waals surface area contributed by atoms with E-state index in [2.05, 4.69) is 186 Å². The summed E-state index contributed by atoms with van der Waals surface area (Å²) >= 11 is 0. The highest BCUT2D eigenvalue weighted by molar-refractivity contribution is 6.10. The Hall–Kier alpha value is -8.08. The first-order chi connectivity index (χ1) is 29.7. The van der Waals surface area contributed by atoms with Crippen LogP contribution in [0.2, 0.25) is 0 Å². The molecule has 3 aromatic heterocycles. The zero-order valence-electron chi connectivity index (χ0n) is 32.6. The Morgan fingerprint density at radius 2 is 0.667 bits per heavy atom. The molecule has 0 spiro atoms. The molecule has 9 aromatic rings. The zero-order chi connectivity index (χ0) is 40.0. The van der Waals surface area contributed by atoms with Crippen LogP contribution in [0.1, 0.15) is 21.7 Å². The molecule has 4 heteroatoms. The van der Waals surface area contributed by atoms with E-state index in [1.54, 1.807) is 0 Å². The molecular formula is C56H37N3O. The summed E-state index contributed by atoms with van der Waals surface area (Å²) in [5, 5.41) is 0. The van der Waals surface area contributed by atoms with E-state index in [-0.39, 0.29) is 0 Å². The maximum absolute atomic E-state index is 13.1. The van der Waals surface area contributed by atoms with E-state index in [1.165, 1.54) is 0 Å². The summed E-state index contributed by atoms with van der Waals surface area (Å²) in [7, 11) is 0. The van der Waals surface area contributed by atoms with Gasteiger partial charge >= 0.3 is 0 Å². The lowest BCUT2D eigenvalue weighted by molar-refractivity contribution is 0.112. The van der Waals surface area contributed by atoms with Crippen molar-refractivity contribution < 1.29 is 4.79 Å². The highest BCUT2D eigenvalue weighted by Gasteiger charge is 2.26. The summed E-state index contributed by atoms with van der Waals surface area (Å²) in [5.74, 6) is 0. The van der Waals surface area contributed by atoms with E-state index in [4.69, 9.17) is 4.98 Å². The topological polar surface area (TPSA) is 61.5 Å². The second kappa shape index (κ2) is 14.7. The highest BCUT2D eigenvalue weighted by atomic mass is 16.1. The Kier molecular flexibility index (Phi) is 8.60. The van der Waals surface area contributed by atoms with Gasteiger partial charge in [-0.2, -0.15) is 0 Å². The molecule has 4 heterocycles. The van der Waals surface area contributed by atoms with Crippen LogP contribution >= 0.6 is 0 Å². The molecule has 8 bridgehead atoms. The van der Waals surface area contributed by atoms with Crippen LogP contribution in [0.25, 0.3) is 112 Å². The smallest absolute Gasteiger partial charge is 0.150 e. The number of aldehydes is 1. The van der Waals surface area contributed by atoms with Gasteiger partial charge < -0.3 is 9.97 Å². The molecule has 0 amide bonds. The number of carbonyl (C=O) groups is 1. The standard InChI is InChI=1S/C56H37N3O/c60-35-41-32-43-44(33-42(41)36-16-6-1-7-17-36)46-34-45(43)53(37-18-8-2-9-19-37)47-26-28-49(57-47)55(39-22-12-4-13-23-39)51-30-31-52(59-51)56(40-24-14-5-15-25-40)50-29-27-48(58-50)54(46)38-20-10-3-11-21-38/h1-35,57-58H. The van der Waals surface area contributed by atoms with Gasteiger partial charge in [-0.15, -0.1) is 0 Å². The first-order valence-electron chi connectivity index (χ1n) is 20.2. The van der Waals surface area contributed by atoms with Crippen molar-refractivity contribution in [2.75, 3.05) is 0 Å². The fourth-order valence-corrected chi connectivity index (χ4v) is 8.97. The monoisotopic (exact) mass is 767 g/mol. The average molecular weight is 768 g/mol. The lowest BCUT2D eigenvalue weighted by Gasteiger charge is -2.14. The molecule has 1 aliphatic carbocycles. The Morgan fingerprint density at radius 1 is 0.333 bits per heavy atom. The predicted molar refractivity (Wildman–Crippen MR) is 249 cm³/mol. The fraction of sp³-hybridized carbons (Fsp3) is 0. The number of nitrogens with zero attached hydrogens (tertiary/aromatic N) is 1. The maximum Gasteiger partial charge on any atom is 0.150 e. The number of H-pyrrole nitrogens is 2. The largest absolute Gasteiger partial charge is 0.354 e. The van der Waals surface area contributed by atoms with E-state index in [9.17, 15) is 4.79 Å². The van der Waals surface area contributed by atoms with E-state index >= 15 is 0 Å². The van der Waals surface area contributed by atoms with Crippen LogP contribution in [0.3, 0.4) is 0 Å². The lowest BCUT2D eigenvalue weighted by atomic mass is 9.89. The van der Waals surface area contributed by atoms with Crippen molar-refractivity contribution in [3.05, 3.63) is 211 Å². The van der Waals surface area contributed by atoms with Crippen LogP contribution in [-0.2, 0) is 0 Å². The molecule has 0 radical (unpaired) electrons. The van der Waals surface area contributed by atoms with E-state index < -0.39 is 0 Å². The number of aromatic amines is 2. The van der Waals surface area contributed by atoms with Gasteiger partial charge in [-0.05, 0) is 110 Å². The van der Waals surface area contributed by atoms with Crippen molar-refractivity contribution in [3.63, 3.8) is 0 Å². The summed E-state index contributed by atoms with van der Waals surface area (Å²) in [6.07, 6.45) is 5.26. The van der Waals surface area contributed by atoms with Gasteiger partial charge in [0.2, 0.25) is 0 Å². The molecule has 0 saturated carbocycles. The molecule has 0 fully saturated rings. The van der Waals surface area contributed by atoms with Crippen molar-refractivity contribution in [2.45, 2.75) is 0 Å². The van der Waals surface area contributed by atoms with E-state index in [1.807, 2.05) is 30.3 Å². The Bertz CT molecular complexity index is 3290. The van der Waals surface area contributed by atoms with Crippen LogP contribution in [0.4, 0.5) is 0 Å². The van der Waals surface area contributed by atoms with Crippen molar-refractivity contribution in [3.8, 4) is 77.9 Å². The number of fused-ring (bicyclic) bond motifs is 11. The van der Waals surface area contributed by atoms with Crippen LogP contribution in [-0.4, -0.2) is 21.2 Å². The van der Waals surface area contributed by atoms with E-state index in [0.717, 1.165) is 118 Å². The second-order valence-corrected chi connectivity index (χ2v) is 15.2. The molecule has 6 aromatic carbocycles. The first-order valence-corrected chi connectivity index (χ1v) is 20.2. The van der Waals surface area contributed by atoms with Crippen LogP contribution < -0.4 is 0 Å². The Balaban J connectivity index is 1.38. The molecule has 282 valence electrons. The molecule has 60 heavy (non-hydrogen) atoms. The molecular weight excluding hydrogens is 731 g/mol. The van der Waals surface area contributed by atoms with Gasteiger partial charge in [-0.1, -0.05) is 152 Å². The molecule has 2 N–H and O–H groups in total. The highest BCUT2D eigenvalue weighted by Crippen LogP contribution is 2.50. The fourth-order valence-electron chi connectivity index (χ4n) is 8.97. The Labute approximate surface area is 347 Å². The summed E-state index contributed by atoms with van der Waals surface area (Å²) in [6.45, 7) is 0. The van der Waals surface area contributed by atoms with Crippen LogP contribution in [0.15, 0.2) is 194 Å². The quantitative estimate of drug-likeness (QED) is 0.166. The summed E-state index contributed by atoms with van der Waals surface area (Å²) < 4.78 is 0. The van der Waals surface area contributed by atoms with Crippen molar-refractivity contribution in [2.24, 2.45) is 0 Å². The summed E-state index contributed by atoms with van der Waals surface area (Å²) in [4.78, 5) is 26.4. The summed E-state index contributed by atoms with van der Waals surface area (Å²) in [6, 6.07) is 67.7. The molecule has 0 unspecified atom stereocenters. The molecule has 0 saturated heterocycles. The molecule has 0 atom stereocenters. The van der Waals surface area contributed by atoms with E-state index in [0.29, 0.717) is 5.56 Å². The first kappa shape index (κ1) is 35.1. The van der Waals surface area contributed by atoms with Gasteiger partial charge in [0, 0.05) is 49.9 Å². The number of benzene rings is 6. The average Bonchev–Trinajstić information content (AvgIpc) is 4.15. The number of nitrogens with one attached hydrogen (secondary N) is 2. The van der Waals surface area contributed by atoms with Gasteiger partial charge in [0.25, 0.3) is 0 Å². The van der Waals surface area contributed by atoms with Gasteiger partial charge in [0.05, 0.1) is 11.4 Å². The lowest BCUT2D eigenvalue weighted by Crippen LogP contribution is -1.92. The number of hydrogen-bond donors (Lipinski definition) is 2. The minimum atomic E-state index is 0.639. The second-order valence-electron chi connectivity index (χ2n) is 15.2. The van der Waals surface area contributed by atoms with Gasteiger partial charge in [0.15, 0.2) is 6.29 Å². The maximum atomic E-state index is 13.1. The van der Waals surface area contributed by atoms with Gasteiger partial charge in [-0.3, -0.25) is 4.79 Å². The van der Waals surface area contributed by atoms with Crippen molar-refractivity contribution in [1.82, 2.24) is 15.0 Å². The number of carbonyl (C=O) groups excluding carboxylic acids is 1. The summed E-state index contributed by atoms with van der Waals surface area (Å²) in [5.41, 5.74) is 20.7.